The number of rotatable bonds is 4. The van der Waals surface area contributed by atoms with Crippen LogP contribution in [0.15, 0.2) is 0 Å². The van der Waals surface area contributed by atoms with Gasteiger partial charge in [-0.1, -0.05) is 6.92 Å². The van der Waals surface area contributed by atoms with Crippen molar-refractivity contribution in [2.24, 2.45) is 5.73 Å². The van der Waals surface area contributed by atoms with Gasteiger partial charge in [0.2, 0.25) is 5.91 Å². The van der Waals surface area contributed by atoms with Crippen LogP contribution in [0.2, 0.25) is 0 Å². The van der Waals surface area contributed by atoms with Crippen LogP contribution in [0.3, 0.4) is 0 Å². The number of nitrogens with two attached hydrogens (primary N) is 1. The van der Waals surface area contributed by atoms with Gasteiger partial charge in [0.1, 0.15) is 5.82 Å². The Bertz CT molecular complexity index is 414. The maximum atomic E-state index is 11.7. The van der Waals surface area contributed by atoms with Crippen LogP contribution in [0.25, 0.3) is 0 Å². The SMILES string of the molecule is CC[C@@H](N)C(=O)NC(C)c1nnc2n1CCC2. The predicted molar refractivity (Wildman–Crippen MR) is 63.2 cm³/mol. The van der Waals surface area contributed by atoms with Crippen LogP contribution in [0.5, 0.6) is 0 Å². The number of fused-ring (bicyclic) bond motifs is 1. The van der Waals surface area contributed by atoms with Crippen molar-refractivity contribution >= 4 is 5.91 Å². The number of aromatic nitrogens is 3. The largest absolute Gasteiger partial charge is 0.345 e. The van der Waals surface area contributed by atoms with Gasteiger partial charge in [-0.15, -0.1) is 10.2 Å². The molecule has 94 valence electrons. The molecule has 1 unspecified atom stereocenters. The van der Waals surface area contributed by atoms with Crippen LogP contribution < -0.4 is 11.1 Å². The Morgan fingerprint density at radius 3 is 3.06 bits per heavy atom. The Labute approximate surface area is 101 Å². The summed E-state index contributed by atoms with van der Waals surface area (Å²) in [4.78, 5) is 11.7. The van der Waals surface area contributed by atoms with Crippen LogP contribution in [-0.2, 0) is 17.8 Å². The molecule has 0 fully saturated rings. The third kappa shape index (κ3) is 2.31. The fourth-order valence-electron chi connectivity index (χ4n) is 2.06. The molecule has 6 nitrogen and oxygen atoms in total. The molecule has 17 heavy (non-hydrogen) atoms. The molecule has 0 spiro atoms. The molecule has 1 aromatic heterocycles. The number of aryl methyl sites for hydroxylation is 1. The molecule has 1 amide bonds. The lowest BCUT2D eigenvalue weighted by Gasteiger charge is -2.16. The monoisotopic (exact) mass is 237 g/mol. The van der Waals surface area contributed by atoms with Gasteiger partial charge in [0.05, 0.1) is 12.1 Å². The first-order valence-corrected chi connectivity index (χ1v) is 6.11. The molecular weight excluding hydrogens is 218 g/mol. The zero-order valence-corrected chi connectivity index (χ0v) is 10.3. The van der Waals surface area contributed by atoms with Crippen molar-refractivity contribution in [3.05, 3.63) is 11.6 Å². The van der Waals surface area contributed by atoms with Crippen LogP contribution in [-0.4, -0.2) is 26.7 Å². The van der Waals surface area contributed by atoms with Gasteiger partial charge in [0.15, 0.2) is 5.82 Å². The van der Waals surface area contributed by atoms with E-state index in [2.05, 4.69) is 20.1 Å². The molecular formula is C11H19N5O. The van der Waals surface area contributed by atoms with Crippen LogP contribution >= 0.6 is 0 Å². The third-order valence-electron chi connectivity index (χ3n) is 3.16. The zero-order valence-electron chi connectivity index (χ0n) is 10.3. The van der Waals surface area contributed by atoms with Gasteiger partial charge in [-0.25, -0.2) is 0 Å². The summed E-state index contributed by atoms with van der Waals surface area (Å²) in [5.41, 5.74) is 5.68. The minimum Gasteiger partial charge on any atom is -0.345 e. The summed E-state index contributed by atoms with van der Waals surface area (Å²) in [6.45, 7) is 4.75. The Morgan fingerprint density at radius 1 is 1.59 bits per heavy atom. The van der Waals surface area contributed by atoms with Crippen LogP contribution in [0.4, 0.5) is 0 Å². The van der Waals surface area contributed by atoms with Crippen molar-refractivity contribution in [2.45, 2.75) is 51.7 Å². The third-order valence-corrected chi connectivity index (χ3v) is 3.16. The molecule has 0 aromatic carbocycles. The van der Waals surface area contributed by atoms with Crippen molar-refractivity contribution in [3.63, 3.8) is 0 Å². The Balaban J connectivity index is 2.05. The molecule has 2 heterocycles. The Kier molecular flexibility index (Phi) is 3.42. The lowest BCUT2D eigenvalue weighted by Crippen LogP contribution is -2.41. The summed E-state index contributed by atoms with van der Waals surface area (Å²) in [7, 11) is 0. The average molecular weight is 237 g/mol. The molecule has 0 radical (unpaired) electrons. The second-order valence-electron chi connectivity index (χ2n) is 4.47. The molecule has 0 saturated carbocycles. The predicted octanol–water partition coefficient (Wildman–Crippen LogP) is 0.139. The molecule has 1 aromatic rings. The van der Waals surface area contributed by atoms with E-state index in [9.17, 15) is 4.79 Å². The fourth-order valence-corrected chi connectivity index (χ4v) is 2.06. The summed E-state index contributed by atoms with van der Waals surface area (Å²) in [5.74, 6) is 1.71. The van der Waals surface area contributed by atoms with E-state index in [1.165, 1.54) is 0 Å². The normalized spacial score (nSPS) is 17.6. The highest BCUT2D eigenvalue weighted by Gasteiger charge is 2.23. The summed E-state index contributed by atoms with van der Waals surface area (Å²) in [6, 6.07) is -0.585. The lowest BCUT2D eigenvalue weighted by atomic mass is 10.2. The van der Waals surface area contributed by atoms with E-state index in [1.807, 2.05) is 13.8 Å². The quantitative estimate of drug-likeness (QED) is 0.780. The summed E-state index contributed by atoms with van der Waals surface area (Å²) >= 11 is 0. The summed E-state index contributed by atoms with van der Waals surface area (Å²) < 4.78 is 2.09. The molecule has 6 heteroatoms. The van der Waals surface area contributed by atoms with Crippen LogP contribution in [0, 0.1) is 0 Å². The van der Waals surface area contributed by atoms with E-state index < -0.39 is 6.04 Å². The van der Waals surface area contributed by atoms with Gasteiger partial charge >= 0.3 is 0 Å². The standard InChI is InChI=1S/C11H19N5O/c1-3-8(12)11(17)13-7(2)10-15-14-9-5-4-6-16(9)10/h7-8H,3-6,12H2,1-2H3,(H,13,17)/t7?,8-/m1/s1. The van der Waals surface area contributed by atoms with E-state index in [1.54, 1.807) is 0 Å². The number of carbonyl (C=O) groups excluding carboxylic acids is 1. The number of amides is 1. The molecule has 2 atom stereocenters. The van der Waals surface area contributed by atoms with Crippen molar-refractivity contribution in [1.82, 2.24) is 20.1 Å². The van der Waals surface area contributed by atoms with E-state index in [0.717, 1.165) is 31.0 Å². The summed E-state index contributed by atoms with van der Waals surface area (Å²) in [5, 5.41) is 11.1. The molecule has 1 aliphatic rings. The average Bonchev–Trinajstić information content (AvgIpc) is 2.88. The second kappa shape index (κ2) is 4.83. The van der Waals surface area contributed by atoms with E-state index in [0.29, 0.717) is 6.42 Å². The first-order valence-electron chi connectivity index (χ1n) is 6.11. The second-order valence-corrected chi connectivity index (χ2v) is 4.47. The maximum absolute atomic E-state index is 11.7. The van der Waals surface area contributed by atoms with E-state index >= 15 is 0 Å². The van der Waals surface area contributed by atoms with Gasteiger partial charge in [0, 0.05) is 13.0 Å². The van der Waals surface area contributed by atoms with Gasteiger partial charge in [-0.3, -0.25) is 4.79 Å². The smallest absolute Gasteiger partial charge is 0.237 e. The van der Waals surface area contributed by atoms with Crippen molar-refractivity contribution in [1.29, 1.82) is 0 Å². The summed E-state index contributed by atoms with van der Waals surface area (Å²) in [6.07, 6.45) is 2.71. The minimum atomic E-state index is -0.446. The van der Waals surface area contributed by atoms with Crippen molar-refractivity contribution in [2.75, 3.05) is 0 Å². The number of nitrogens with one attached hydrogen (secondary N) is 1. The molecule has 2 rings (SSSR count). The Hall–Kier alpha value is -1.43. The highest BCUT2D eigenvalue weighted by Crippen LogP contribution is 2.18. The minimum absolute atomic E-state index is 0.129. The number of carbonyl (C=O) groups is 1. The molecule has 0 aliphatic carbocycles. The van der Waals surface area contributed by atoms with Crippen LogP contribution in [0.1, 0.15) is 44.4 Å². The topological polar surface area (TPSA) is 85.8 Å². The highest BCUT2D eigenvalue weighted by molar-refractivity contribution is 5.81. The number of hydrogen-bond donors (Lipinski definition) is 2. The first kappa shape index (κ1) is 12.0. The van der Waals surface area contributed by atoms with Gasteiger partial charge < -0.3 is 15.6 Å². The maximum Gasteiger partial charge on any atom is 0.237 e. The molecule has 0 saturated heterocycles. The van der Waals surface area contributed by atoms with Crippen molar-refractivity contribution in [3.8, 4) is 0 Å². The fraction of sp³-hybridized carbons (Fsp3) is 0.727. The van der Waals surface area contributed by atoms with E-state index in [4.69, 9.17) is 5.73 Å². The lowest BCUT2D eigenvalue weighted by molar-refractivity contribution is -0.123. The first-order chi connectivity index (χ1) is 8.13. The molecule has 1 aliphatic heterocycles. The number of hydrogen-bond acceptors (Lipinski definition) is 4. The Morgan fingerprint density at radius 2 is 2.35 bits per heavy atom. The van der Waals surface area contributed by atoms with Crippen molar-refractivity contribution < 1.29 is 4.79 Å². The highest BCUT2D eigenvalue weighted by atomic mass is 16.2. The van der Waals surface area contributed by atoms with Gasteiger partial charge in [0.25, 0.3) is 0 Å². The number of nitrogens with zero attached hydrogens (tertiary/aromatic N) is 3. The molecule has 3 N–H and O–H groups in total. The van der Waals surface area contributed by atoms with E-state index in [-0.39, 0.29) is 11.9 Å². The molecule has 0 bridgehead atoms. The zero-order chi connectivity index (χ0) is 12.4. The van der Waals surface area contributed by atoms with Gasteiger partial charge in [-0.05, 0) is 19.8 Å². The van der Waals surface area contributed by atoms with Gasteiger partial charge in [-0.2, -0.15) is 0 Å².